The molecule has 0 amide bonds. The lowest BCUT2D eigenvalue weighted by molar-refractivity contribution is 0.0256. The van der Waals surface area contributed by atoms with Crippen LogP contribution in [0.1, 0.15) is 24.0 Å². The number of hydrogen-bond acceptors (Lipinski definition) is 4. The third-order valence-corrected chi connectivity index (χ3v) is 5.39. The number of ether oxygens (including phenoxy) is 1. The Morgan fingerprint density at radius 2 is 2.00 bits per heavy atom. The van der Waals surface area contributed by atoms with Crippen LogP contribution in [0.25, 0.3) is 0 Å². The number of benzene rings is 1. The molecular weight excluding hydrogens is 305 g/mol. The van der Waals surface area contributed by atoms with Gasteiger partial charge in [0, 0.05) is 38.0 Å². The van der Waals surface area contributed by atoms with Crippen LogP contribution < -0.4 is 5.32 Å². The fraction of sp³-hybridized carbons (Fsp3) is 0.625. The van der Waals surface area contributed by atoms with E-state index < -0.39 is 9.84 Å². The molecule has 1 aromatic rings. The molecule has 1 aliphatic heterocycles. The summed E-state index contributed by atoms with van der Waals surface area (Å²) >= 11 is 0. The molecule has 1 fully saturated rings. The molecule has 0 atom stereocenters. The summed E-state index contributed by atoms with van der Waals surface area (Å²) in [4.78, 5) is 0. The Kier molecular flexibility index (Phi) is 5.58. The van der Waals surface area contributed by atoms with Gasteiger partial charge in [-0.05, 0) is 43.0 Å². The van der Waals surface area contributed by atoms with Crippen molar-refractivity contribution >= 4 is 9.84 Å². The highest BCUT2D eigenvalue weighted by molar-refractivity contribution is 7.90. The van der Waals surface area contributed by atoms with Crippen LogP contribution in [0.2, 0.25) is 0 Å². The molecule has 2 rings (SSSR count). The van der Waals surface area contributed by atoms with Crippen molar-refractivity contribution in [1.29, 1.82) is 0 Å². The molecule has 0 spiro atoms. The van der Waals surface area contributed by atoms with Crippen molar-refractivity contribution < 1.29 is 17.5 Å². The smallest absolute Gasteiger partial charge is 0.148 e. The van der Waals surface area contributed by atoms with E-state index in [-0.39, 0.29) is 17.0 Å². The molecule has 0 unspecified atom stereocenters. The molecule has 1 heterocycles. The summed E-state index contributed by atoms with van der Waals surface area (Å²) < 4.78 is 42.1. The summed E-state index contributed by atoms with van der Waals surface area (Å²) in [7, 11) is -3.05. The summed E-state index contributed by atoms with van der Waals surface area (Å²) in [5, 5.41) is 3.32. The van der Waals surface area contributed by atoms with E-state index in [1.165, 1.54) is 18.4 Å². The van der Waals surface area contributed by atoms with Crippen molar-refractivity contribution in [1.82, 2.24) is 5.32 Å². The van der Waals surface area contributed by atoms with E-state index in [1.807, 2.05) is 6.92 Å². The molecule has 0 aromatic heterocycles. The fourth-order valence-electron chi connectivity index (χ4n) is 3.03. The van der Waals surface area contributed by atoms with Crippen molar-refractivity contribution in [3.05, 3.63) is 35.1 Å². The van der Waals surface area contributed by atoms with Crippen LogP contribution >= 0.6 is 0 Å². The molecular formula is C16H24FNO3S. The van der Waals surface area contributed by atoms with Crippen molar-refractivity contribution in [2.24, 2.45) is 5.41 Å². The number of rotatable bonds is 6. The lowest BCUT2D eigenvalue weighted by atomic mass is 9.82. The van der Waals surface area contributed by atoms with Gasteiger partial charge in [0.05, 0.1) is 5.75 Å². The lowest BCUT2D eigenvalue weighted by Crippen LogP contribution is -2.43. The first-order valence-corrected chi connectivity index (χ1v) is 9.57. The van der Waals surface area contributed by atoms with Gasteiger partial charge >= 0.3 is 0 Å². The Morgan fingerprint density at radius 1 is 1.32 bits per heavy atom. The third kappa shape index (κ3) is 5.04. The van der Waals surface area contributed by atoms with E-state index in [0.717, 1.165) is 24.0 Å². The van der Waals surface area contributed by atoms with Crippen LogP contribution in [-0.4, -0.2) is 40.2 Å². The van der Waals surface area contributed by atoms with Gasteiger partial charge < -0.3 is 10.1 Å². The number of nitrogens with one attached hydrogen (secondary N) is 1. The Balaban J connectivity index is 2.01. The van der Waals surface area contributed by atoms with Gasteiger partial charge in [0.1, 0.15) is 15.7 Å². The Hall–Kier alpha value is -0.980. The topological polar surface area (TPSA) is 55.4 Å². The quantitative estimate of drug-likeness (QED) is 0.868. The van der Waals surface area contributed by atoms with E-state index in [9.17, 15) is 12.8 Å². The van der Waals surface area contributed by atoms with Gasteiger partial charge in [0.2, 0.25) is 0 Å². The molecule has 124 valence electrons. The molecule has 0 radical (unpaired) electrons. The highest BCUT2D eigenvalue weighted by atomic mass is 32.2. The monoisotopic (exact) mass is 329 g/mol. The second-order valence-electron chi connectivity index (χ2n) is 6.36. The van der Waals surface area contributed by atoms with Gasteiger partial charge in [0.25, 0.3) is 0 Å². The van der Waals surface area contributed by atoms with Gasteiger partial charge in [-0.2, -0.15) is 0 Å². The number of halogens is 1. The summed E-state index contributed by atoms with van der Waals surface area (Å²) in [5.74, 6) is -0.0855. The van der Waals surface area contributed by atoms with Gasteiger partial charge in [0.15, 0.2) is 0 Å². The number of sulfone groups is 1. The first-order chi connectivity index (χ1) is 10.3. The molecule has 6 heteroatoms. The second-order valence-corrected chi connectivity index (χ2v) is 8.50. The first kappa shape index (κ1) is 17.4. The highest BCUT2D eigenvalue weighted by Gasteiger charge is 2.35. The maximum absolute atomic E-state index is 13.3. The maximum Gasteiger partial charge on any atom is 0.148 e. The average Bonchev–Trinajstić information content (AvgIpc) is 2.42. The van der Waals surface area contributed by atoms with Gasteiger partial charge in [-0.1, -0.05) is 6.07 Å². The minimum absolute atomic E-state index is 0.165. The highest BCUT2D eigenvalue weighted by Crippen LogP contribution is 2.31. The van der Waals surface area contributed by atoms with Crippen LogP contribution in [-0.2, 0) is 21.1 Å². The largest absolute Gasteiger partial charge is 0.381 e. The van der Waals surface area contributed by atoms with Gasteiger partial charge in [-0.25, -0.2) is 12.8 Å². The van der Waals surface area contributed by atoms with E-state index in [0.29, 0.717) is 26.3 Å². The van der Waals surface area contributed by atoms with Crippen molar-refractivity contribution in [2.45, 2.75) is 26.3 Å². The van der Waals surface area contributed by atoms with Crippen molar-refractivity contribution in [3.63, 3.8) is 0 Å². The molecule has 4 nitrogen and oxygen atoms in total. The van der Waals surface area contributed by atoms with Crippen LogP contribution in [0.15, 0.2) is 18.2 Å². The van der Waals surface area contributed by atoms with E-state index >= 15 is 0 Å². The summed E-state index contributed by atoms with van der Waals surface area (Å²) in [6.07, 6.45) is 2.74. The molecule has 1 aliphatic rings. The Morgan fingerprint density at radius 3 is 2.64 bits per heavy atom. The zero-order valence-electron chi connectivity index (χ0n) is 13.2. The molecule has 0 saturated carbocycles. The van der Waals surface area contributed by atoms with E-state index in [1.54, 1.807) is 6.07 Å². The summed E-state index contributed by atoms with van der Waals surface area (Å²) in [5.41, 5.74) is 1.65. The van der Waals surface area contributed by atoms with E-state index in [2.05, 4.69) is 5.32 Å². The molecule has 22 heavy (non-hydrogen) atoms. The Bertz CT molecular complexity index is 610. The minimum Gasteiger partial charge on any atom is -0.381 e. The maximum atomic E-state index is 13.3. The predicted octanol–water partition coefficient (Wildman–Crippen LogP) is 2.07. The van der Waals surface area contributed by atoms with Gasteiger partial charge in [-0.15, -0.1) is 0 Å². The molecule has 0 bridgehead atoms. The first-order valence-electron chi connectivity index (χ1n) is 7.51. The average molecular weight is 329 g/mol. The lowest BCUT2D eigenvalue weighted by Gasteiger charge is -2.36. The second kappa shape index (κ2) is 7.06. The minimum atomic E-state index is -3.05. The van der Waals surface area contributed by atoms with E-state index in [4.69, 9.17) is 4.74 Å². The molecule has 1 N–H and O–H groups in total. The van der Waals surface area contributed by atoms with Crippen LogP contribution in [0.4, 0.5) is 4.39 Å². The molecule has 0 aliphatic carbocycles. The summed E-state index contributed by atoms with van der Waals surface area (Å²) in [6.45, 7) is 4.26. The number of hydrogen-bond donors (Lipinski definition) is 1. The standard InChI is InChI=1S/C16H24FNO3S/c1-13-3-4-15(17)9-14(13)10-18-11-16(12-22(2,19)20)5-7-21-8-6-16/h3-4,9,18H,5-8,10-12H2,1-2H3. The SMILES string of the molecule is Cc1ccc(F)cc1CNCC1(CS(C)(=O)=O)CCOCC1. The van der Waals surface area contributed by atoms with Gasteiger partial charge in [-0.3, -0.25) is 0 Å². The van der Waals surface area contributed by atoms with Crippen LogP contribution in [0.3, 0.4) is 0 Å². The number of aryl methyl sites for hydroxylation is 1. The molecule has 1 saturated heterocycles. The van der Waals surface area contributed by atoms with Crippen LogP contribution in [0, 0.1) is 18.2 Å². The zero-order valence-corrected chi connectivity index (χ0v) is 14.0. The molecule has 1 aromatic carbocycles. The van der Waals surface area contributed by atoms with Crippen molar-refractivity contribution in [3.8, 4) is 0 Å². The van der Waals surface area contributed by atoms with Crippen LogP contribution in [0.5, 0.6) is 0 Å². The summed E-state index contributed by atoms with van der Waals surface area (Å²) in [6, 6.07) is 4.73. The normalized spacial score (nSPS) is 18.3. The fourth-order valence-corrected chi connectivity index (χ4v) is 4.53. The zero-order chi connectivity index (χ0) is 16.2. The third-order valence-electron chi connectivity index (χ3n) is 4.25. The predicted molar refractivity (Wildman–Crippen MR) is 85.0 cm³/mol. The Labute approximate surface area is 132 Å². The van der Waals surface area contributed by atoms with Crippen molar-refractivity contribution in [2.75, 3.05) is 31.8 Å².